The molecular formula is C26H23ClN6O2S. The molecule has 1 aliphatic heterocycles. The lowest BCUT2D eigenvalue weighted by Gasteiger charge is -2.28. The van der Waals surface area contributed by atoms with Gasteiger partial charge in [0.1, 0.15) is 11.8 Å². The molecule has 8 nitrogen and oxygen atoms in total. The smallest absolute Gasteiger partial charge is 0.255 e. The number of para-hydroxylation sites is 2. The number of carbonyl (C=O) groups is 1. The molecule has 0 spiro atoms. The zero-order chi connectivity index (χ0) is 25.1. The number of hydrogen-bond acceptors (Lipinski definition) is 7. The van der Waals surface area contributed by atoms with Crippen molar-refractivity contribution in [3.63, 3.8) is 0 Å². The monoisotopic (exact) mass is 518 g/mol. The molecule has 0 saturated carbocycles. The first kappa shape index (κ1) is 23.9. The van der Waals surface area contributed by atoms with Crippen LogP contribution in [0.5, 0.6) is 5.75 Å². The molecule has 5 rings (SSSR count). The average Bonchev–Trinajstić information content (AvgIpc) is 3.30. The number of hydrogen-bond donors (Lipinski definition) is 2. The fourth-order valence-corrected chi connectivity index (χ4v) is 5.14. The second-order valence-corrected chi connectivity index (χ2v) is 9.40. The van der Waals surface area contributed by atoms with E-state index in [2.05, 4.69) is 20.6 Å². The van der Waals surface area contributed by atoms with Crippen LogP contribution in [0.3, 0.4) is 0 Å². The number of ether oxygens (including phenoxy) is 1. The number of carbonyl (C=O) groups excluding carboxylic acids is 1. The van der Waals surface area contributed by atoms with Crippen LogP contribution in [0, 0.1) is 0 Å². The van der Waals surface area contributed by atoms with Crippen molar-refractivity contribution in [2.24, 2.45) is 0 Å². The Morgan fingerprint density at radius 2 is 1.97 bits per heavy atom. The Morgan fingerprint density at radius 3 is 2.75 bits per heavy atom. The van der Waals surface area contributed by atoms with Crippen molar-refractivity contribution in [1.82, 2.24) is 19.7 Å². The number of methoxy groups -OCH3 is 1. The van der Waals surface area contributed by atoms with E-state index >= 15 is 0 Å². The number of benzene rings is 2. The molecule has 0 radical (unpaired) electrons. The van der Waals surface area contributed by atoms with Crippen LogP contribution in [0.25, 0.3) is 0 Å². The Labute approximate surface area is 217 Å². The molecule has 3 heterocycles. The quantitative estimate of drug-likeness (QED) is 0.309. The number of anilines is 2. The Kier molecular flexibility index (Phi) is 6.92. The van der Waals surface area contributed by atoms with Crippen molar-refractivity contribution in [2.75, 3.05) is 17.7 Å². The molecule has 0 aliphatic carbocycles. The molecule has 0 bridgehead atoms. The van der Waals surface area contributed by atoms with Gasteiger partial charge in [0.2, 0.25) is 11.1 Å². The van der Waals surface area contributed by atoms with Crippen LogP contribution in [0.2, 0.25) is 5.02 Å². The maximum absolute atomic E-state index is 13.6. The predicted molar refractivity (Wildman–Crippen MR) is 141 cm³/mol. The highest BCUT2D eigenvalue weighted by Gasteiger charge is 2.34. The molecule has 182 valence electrons. The highest BCUT2D eigenvalue weighted by molar-refractivity contribution is 7.98. The molecule has 36 heavy (non-hydrogen) atoms. The van der Waals surface area contributed by atoms with Crippen LogP contribution in [-0.4, -0.2) is 32.8 Å². The number of fused-ring (bicyclic) bond motifs is 1. The summed E-state index contributed by atoms with van der Waals surface area (Å²) in [6.07, 6.45) is 3.44. The van der Waals surface area contributed by atoms with Crippen molar-refractivity contribution in [2.45, 2.75) is 23.9 Å². The van der Waals surface area contributed by atoms with Gasteiger partial charge in [-0.3, -0.25) is 9.78 Å². The van der Waals surface area contributed by atoms with E-state index in [9.17, 15) is 4.79 Å². The standard InChI is InChI=1S/C26H23ClN6O2S/c1-16-22(24(34)30-20-11-5-6-12-21(20)35-2)23(17-9-7-13-28-14-17)33-25(29-16)31-26(32-33)36-15-18-8-3-4-10-19(18)27/h3-14,23H,15H2,1-2H3,(H,30,34)(H,29,31,32)/t23-/m1/s1. The number of thioether (sulfide) groups is 1. The Hall–Kier alpha value is -3.82. The van der Waals surface area contributed by atoms with Crippen molar-refractivity contribution >= 4 is 40.9 Å². The zero-order valence-electron chi connectivity index (χ0n) is 19.6. The van der Waals surface area contributed by atoms with Gasteiger partial charge in [-0.2, -0.15) is 4.98 Å². The van der Waals surface area contributed by atoms with Crippen LogP contribution in [0.15, 0.2) is 89.5 Å². The first-order valence-corrected chi connectivity index (χ1v) is 12.6. The van der Waals surface area contributed by atoms with Crippen LogP contribution >= 0.6 is 23.4 Å². The van der Waals surface area contributed by atoms with E-state index in [4.69, 9.17) is 21.4 Å². The van der Waals surface area contributed by atoms with Crippen LogP contribution in [0.4, 0.5) is 11.6 Å². The van der Waals surface area contributed by atoms with Gasteiger partial charge in [-0.25, -0.2) is 4.68 Å². The topological polar surface area (TPSA) is 94.0 Å². The zero-order valence-corrected chi connectivity index (χ0v) is 21.2. The third-order valence-corrected chi connectivity index (χ3v) is 7.00. The van der Waals surface area contributed by atoms with E-state index in [1.807, 2.05) is 55.5 Å². The molecule has 0 fully saturated rings. The molecule has 0 saturated heterocycles. The summed E-state index contributed by atoms with van der Waals surface area (Å²) in [6, 6.07) is 18.2. The van der Waals surface area contributed by atoms with E-state index in [0.29, 0.717) is 44.6 Å². The first-order valence-electron chi connectivity index (χ1n) is 11.2. The number of nitrogens with zero attached hydrogens (tertiary/aromatic N) is 4. The van der Waals surface area contributed by atoms with Gasteiger partial charge in [0.15, 0.2) is 0 Å². The summed E-state index contributed by atoms with van der Waals surface area (Å²) in [5.41, 5.74) is 3.58. The number of aromatic nitrogens is 4. The minimum atomic E-state index is -0.521. The van der Waals surface area contributed by atoms with Gasteiger partial charge in [0, 0.05) is 28.9 Å². The fraction of sp³-hybridized carbons (Fsp3) is 0.154. The Balaban J connectivity index is 1.48. The molecule has 2 aromatic carbocycles. The minimum absolute atomic E-state index is 0.273. The van der Waals surface area contributed by atoms with Gasteiger partial charge in [0.05, 0.1) is 18.4 Å². The van der Waals surface area contributed by atoms with Gasteiger partial charge in [-0.1, -0.05) is 59.8 Å². The third kappa shape index (κ3) is 4.80. The largest absolute Gasteiger partial charge is 0.495 e. The van der Waals surface area contributed by atoms with Gasteiger partial charge in [0.25, 0.3) is 5.91 Å². The number of nitrogens with one attached hydrogen (secondary N) is 2. The number of rotatable bonds is 7. The normalized spacial score (nSPS) is 14.7. The number of halogens is 1. The van der Waals surface area contributed by atoms with Crippen molar-refractivity contribution in [3.05, 3.63) is 100 Å². The second kappa shape index (κ2) is 10.4. The fourth-order valence-electron chi connectivity index (χ4n) is 4.03. The van der Waals surface area contributed by atoms with E-state index in [1.165, 1.54) is 11.8 Å². The molecule has 1 aliphatic rings. The van der Waals surface area contributed by atoms with E-state index in [0.717, 1.165) is 11.1 Å². The Bertz CT molecular complexity index is 1440. The van der Waals surface area contributed by atoms with Crippen molar-refractivity contribution in [1.29, 1.82) is 0 Å². The summed E-state index contributed by atoms with van der Waals surface area (Å²) < 4.78 is 7.14. The highest BCUT2D eigenvalue weighted by atomic mass is 35.5. The highest BCUT2D eigenvalue weighted by Crippen LogP contribution is 2.37. The average molecular weight is 519 g/mol. The molecule has 1 amide bonds. The second-order valence-electron chi connectivity index (χ2n) is 8.05. The van der Waals surface area contributed by atoms with Crippen molar-refractivity contribution in [3.8, 4) is 5.75 Å². The summed E-state index contributed by atoms with van der Waals surface area (Å²) in [5.74, 6) is 1.47. The molecule has 0 unspecified atom stereocenters. The number of allylic oxidation sites excluding steroid dienone is 1. The molecule has 10 heteroatoms. The number of amides is 1. The summed E-state index contributed by atoms with van der Waals surface area (Å²) in [4.78, 5) is 22.6. The maximum Gasteiger partial charge on any atom is 0.255 e. The van der Waals surface area contributed by atoms with E-state index < -0.39 is 6.04 Å². The third-order valence-electron chi connectivity index (χ3n) is 5.75. The Morgan fingerprint density at radius 1 is 1.17 bits per heavy atom. The summed E-state index contributed by atoms with van der Waals surface area (Å²) in [5, 5.41) is 12.3. The van der Waals surface area contributed by atoms with Gasteiger partial charge in [-0.15, -0.1) is 5.10 Å². The first-order chi connectivity index (χ1) is 17.5. The molecule has 2 aromatic heterocycles. The maximum atomic E-state index is 13.6. The van der Waals surface area contributed by atoms with Gasteiger partial charge >= 0.3 is 0 Å². The van der Waals surface area contributed by atoms with Gasteiger partial charge in [-0.05, 0) is 42.3 Å². The minimum Gasteiger partial charge on any atom is -0.495 e. The van der Waals surface area contributed by atoms with E-state index in [1.54, 1.807) is 36.3 Å². The van der Waals surface area contributed by atoms with Crippen LogP contribution < -0.4 is 15.4 Å². The SMILES string of the molecule is COc1ccccc1NC(=O)C1=C(C)Nc2nc(SCc3ccccc3Cl)nn2[C@@H]1c1cccnc1. The number of pyridine rings is 1. The lowest BCUT2D eigenvalue weighted by molar-refractivity contribution is -0.113. The lowest BCUT2D eigenvalue weighted by atomic mass is 9.96. The summed E-state index contributed by atoms with van der Waals surface area (Å²) in [7, 11) is 1.57. The van der Waals surface area contributed by atoms with Crippen LogP contribution in [0.1, 0.15) is 24.1 Å². The van der Waals surface area contributed by atoms with Gasteiger partial charge < -0.3 is 15.4 Å². The lowest BCUT2D eigenvalue weighted by Crippen LogP contribution is -2.31. The molecule has 2 N–H and O–H groups in total. The summed E-state index contributed by atoms with van der Waals surface area (Å²) in [6.45, 7) is 1.86. The van der Waals surface area contributed by atoms with E-state index in [-0.39, 0.29) is 5.91 Å². The van der Waals surface area contributed by atoms with Crippen LogP contribution in [-0.2, 0) is 10.5 Å². The predicted octanol–water partition coefficient (Wildman–Crippen LogP) is 5.56. The summed E-state index contributed by atoms with van der Waals surface area (Å²) >= 11 is 7.80. The molecule has 4 aromatic rings. The molecular weight excluding hydrogens is 496 g/mol. The molecule has 1 atom stereocenters. The van der Waals surface area contributed by atoms with Crippen molar-refractivity contribution < 1.29 is 9.53 Å².